The van der Waals surface area contributed by atoms with E-state index in [-0.39, 0.29) is 21.8 Å². The van der Waals surface area contributed by atoms with E-state index in [0.29, 0.717) is 13.2 Å². The zero-order valence-corrected chi connectivity index (χ0v) is 15.1. The van der Waals surface area contributed by atoms with Gasteiger partial charge in [-0.1, -0.05) is 11.6 Å². The summed E-state index contributed by atoms with van der Waals surface area (Å²) in [6.45, 7) is 2.53. The molecule has 0 aromatic heterocycles. The fraction of sp³-hybridized carbons (Fsp3) is 0.533. The second-order valence-corrected chi connectivity index (χ2v) is 7.64. The number of hydrogen-bond donors (Lipinski definition) is 2. The predicted molar refractivity (Wildman–Crippen MR) is 89.8 cm³/mol. The first-order chi connectivity index (χ1) is 11.3. The Kier molecular flexibility index (Phi) is 6.45. The minimum Gasteiger partial charge on any atom is -0.495 e. The maximum atomic E-state index is 12.5. The van der Waals surface area contributed by atoms with Crippen LogP contribution in [-0.4, -0.2) is 46.7 Å². The number of amides is 1. The summed E-state index contributed by atoms with van der Waals surface area (Å²) in [7, 11) is -2.60. The van der Waals surface area contributed by atoms with Crippen molar-refractivity contribution in [1.82, 2.24) is 10.0 Å². The molecule has 1 fully saturated rings. The molecule has 1 aliphatic rings. The van der Waals surface area contributed by atoms with E-state index in [1.165, 1.54) is 32.2 Å². The van der Waals surface area contributed by atoms with Crippen molar-refractivity contribution in [1.29, 1.82) is 0 Å². The highest BCUT2D eigenvalue weighted by Crippen LogP contribution is 2.27. The lowest BCUT2D eigenvalue weighted by Gasteiger charge is -2.17. The van der Waals surface area contributed by atoms with Crippen LogP contribution in [0, 0.1) is 0 Å². The van der Waals surface area contributed by atoms with Crippen molar-refractivity contribution in [3.05, 3.63) is 23.2 Å². The maximum Gasteiger partial charge on any atom is 0.245 e. The number of nitrogens with one attached hydrogen (secondary N) is 2. The molecule has 1 amide bonds. The molecule has 1 aliphatic heterocycles. The molecule has 24 heavy (non-hydrogen) atoms. The highest BCUT2D eigenvalue weighted by Gasteiger charge is 2.26. The molecule has 134 valence electrons. The summed E-state index contributed by atoms with van der Waals surface area (Å²) >= 11 is 5.86. The first-order valence-electron chi connectivity index (χ1n) is 7.58. The minimum atomic E-state index is -3.96. The molecule has 1 saturated heterocycles. The molecule has 9 heteroatoms. The van der Waals surface area contributed by atoms with Crippen LogP contribution in [0.3, 0.4) is 0 Å². The normalized spacial score (nSPS) is 19.0. The van der Waals surface area contributed by atoms with Gasteiger partial charge in [-0.2, -0.15) is 4.72 Å². The molecule has 0 spiro atoms. The Bertz CT molecular complexity index is 689. The number of hydrogen-bond acceptors (Lipinski definition) is 5. The topological polar surface area (TPSA) is 93.7 Å². The van der Waals surface area contributed by atoms with Crippen molar-refractivity contribution in [3.63, 3.8) is 0 Å². The number of carbonyl (C=O) groups is 1. The second-order valence-electron chi connectivity index (χ2n) is 5.52. The number of benzene rings is 1. The molecule has 0 aliphatic carbocycles. The molecular formula is C15H21ClN2O5S. The SMILES string of the molecule is COc1ccc(Cl)cc1S(=O)(=O)N[C@H](C)C(=O)NC[C@@H]1CCCO1. The molecule has 0 radical (unpaired) electrons. The van der Waals surface area contributed by atoms with E-state index in [0.717, 1.165) is 12.8 Å². The van der Waals surface area contributed by atoms with Crippen LogP contribution in [-0.2, 0) is 19.6 Å². The van der Waals surface area contributed by atoms with Crippen molar-refractivity contribution in [2.45, 2.75) is 36.8 Å². The van der Waals surface area contributed by atoms with Gasteiger partial charge in [0.1, 0.15) is 10.6 Å². The predicted octanol–water partition coefficient (Wildman–Crippen LogP) is 1.31. The van der Waals surface area contributed by atoms with Gasteiger partial charge in [0.2, 0.25) is 15.9 Å². The smallest absolute Gasteiger partial charge is 0.245 e. The Morgan fingerprint density at radius 3 is 2.88 bits per heavy atom. The van der Waals surface area contributed by atoms with Crippen molar-refractivity contribution in [2.75, 3.05) is 20.3 Å². The summed E-state index contributed by atoms with van der Waals surface area (Å²) in [5.41, 5.74) is 0. The first-order valence-corrected chi connectivity index (χ1v) is 9.45. The van der Waals surface area contributed by atoms with Gasteiger partial charge in [0.15, 0.2) is 0 Å². The van der Waals surface area contributed by atoms with Crippen LogP contribution in [0.25, 0.3) is 0 Å². The quantitative estimate of drug-likeness (QED) is 0.748. The van der Waals surface area contributed by atoms with Gasteiger partial charge in [-0.05, 0) is 38.0 Å². The third-order valence-corrected chi connectivity index (χ3v) is 5.47. The van der Waals surface area contributed by atoms with Crippen molar-refractivity contribution in [3.8, 4) is 5.75 Å². The Labute approximate surface area is 146 Å². The second kappa shape index (κ2) is 8.15. The molecule has 0 bridgehead atoms. The number of sulfonamides is 1. The molecule has 2 rings (SSSR count). The lowest BCUT2D eigenvalue weighted by Crippen LogP contribution is -2.46. The van der Waals surface area contributed by atoms with E-state index < -0.39 is 22.0 Å². The molecular weight excluding hydrogens is 356 g/mol. The van der Waals surface area contributed by atoms with Crippen LogP contribution in [0.2, 0.25) is 5.02 Å². The van der Waals surface area contributed by atoms with E-state index in [2.05, 4.69) is 10.0 Å². The summed E-state index contributed by atoms with van der Waals surface area (Å²) in [4.78, 5) is 12.0. The Morgan fingerprint density at radius 2 is 2.25 bits per heavy atom. The van der Waals surface area contributed by atoms with E-state index in [1.54, 1.807) is 0 Å². The summed E-state index contributed by atoms with van der Waals surface area (Å²) < 4.78 is 37.8. The van der Waals surface area contributed by atoms with Gasteiger partial charge >= 0.3 is 0 Å². The summed E-state index contributed by atoms with van der Waals surface area (Å²) in [6, 6.07) is 3.32. The standard InChI is InChI=1S/C15H21ClN2O5S/c1-10(15(19)17-9-12-4-3-7-23-12)18-24(20,21)14-8-11(16)5-6-13(14)22-2/h5-6,8,10,12,18H,3-4,7,9H2,1-2H3,(H,17,19)/t10-,12+/m1/s1. The number of rotatable bonds is 7. The number of methoxy groups -OCH3 is 1. The zero-order chi connectivity index (χ0) is 17.7. The monoisotopic (exact) mass is 376 g/mol. The Morgan fingerprint density at radius 1 is 1.50 bits per heavy atom. The van der Waals surface area contributed by atoms with Gasteiger partial charge in [-0.25, -0.2) is 8.42 Å². The van der Waals surface area contributed by atoms with Gasteiger partial charge in [-0.3, -0.25) is 4.79 Å². The lowest BCUT2D eigenvalue weighted by molar-refractivity contribution is -0.122. The van der Waals surface area contributed by atoms with Crippen molar-refractivity contribution in [2.24, 2.45) is 0 Å². The number of ether oxygens (including phenoxy) is 2. The van der Waals surface area contributed by atoms with Crippen LogP contribution >= 0.6 is 11.6 Å². The van der Waals surface area contributed by atoms with Crippen molar-refractivity contribution >= 4 is 27.5 Å². The van der Waals surface area contributed by atoms with E-state index in [1.807, 2.05) is 0 Å². The lowest BCUT2D eigenvalue weighted by atomic mass is 10.2. The van der Waals surface area contributed by atoms with Gasteiger partial charge in [-0.15, -0.1) is 0 Å². The molecule has 1 aromatic rings. The molecule has 1 aromatic carbocycles. The number of carbonyl (C=O) groups excluding carboxylic acids is 1. The Hall–Kier alpha value is -1.35. The summed E-state index contributed by atoms with van der Waals surface area (Å²) in [5.74, 6) is -0.270. The molecule has 2 atom stereocenters. The van der Waals surface area contributed by atoms with Crippen LogP contribution < -0.4 is 14.8 Å². The molecule has 0 unspecified atom stereocenters. The summed E-state index contributed by atoms with van der Waals surface area (Å²) in [6.07, 6.45) is 1.85. The molecule has 0 saturated carbocycles. The fourth-order valence-corrected chi connectivity index (χ4v) is 4.02. The van der Waals surface area contributed by atoms with Gasteiger partial charge in [0.05, 0.1) is 19.3 Å². The highest BCUT2D eigenvalue weighted by atomic mass is 35.5. The minimum absolute atomic E-state index is 0.00854. The fourth-order valence-electron chi connectivity index (χ4n) is 2.38. The first kappa shape index (κ1) is 19.0. The van der Waals surface area contributed by atoms with Crippen LogP contribution in [0.5, 0.6) is 5.75 Å². The third kappa shape index (κ3) is 4.83. The highest BCUT2D eigenvalue weighted by molar-refractivity contribution is 7.89. The van der Waals surface area contributed by atoms with E-state index in [4.69, 9.17) is 21.1 Å². The van der Waals surface area contributed by atoms with Crippen molar-refractivity contribution < 1.29 is 22.7 Å². The summed E-state index contributed by atoms with van der Waals surface area (Å²) in [5, 5.41) is 2.95. The van der Waals surface area contributed by atoms with Gasteiger partial charge < -0.3 is 14.8 Å². The van der Waals surface area contributed by atoms with Crippen LogP contribution in [0.4, 0.5) is 0 Å². The van der Waals surface area contributed by atoms with E-state index >= 15 is 0 Å². The van der Waals surface area contributed by atoms with Crippen LogP contribution in [0.1, 0.15) is 19.8 Å². The average Bonchev–Trinajstić information content (AvgIpc) is 3.05. The zero-order valence-electron chi connectivity index (χ0n) is 13.5. The maximum absolute atomic E-state index is 12.5. The largest absolute Gasteiger partial charge is 0.495 e. The molecule has 7 nitrogen and oxygen atoms in total. The number of halogens is 1. The van der Waals surface area contributed by atoms with Crippen LogP contribution in [0.15, 0.2) is 23.1 Å². The van der Waals surface area contributed by atoms with Gasteiger partial charge in [0, 0.05) is 18.2 Å². The molecule has 2 N–H and O–H groups in total. The molecule has 1 heterocycles. The average molecular weight is 377 g/mol. The van der Waals surface area contributed by atoms with Gasteiger partial charge in [0.25, 0.3) is 0 Å². The van der Waals surface area contributed by atoms with E-state index in [9.17, 15) is 13.2 Å². The Balaban J connectivity index is 2.02. The third-order valence-electron chi connectivity index (χ3n) is 3.67.